The molecule has 48 heavy (non-hydrogen) atoms. The zero-order valence-corrected chi connectivity index (χ0v) is 26.3. The first kappa shape index (κ1) is 34.6. The largest absolute Gasteiger partial charge is 0.427 e. The van der Waals surface area contributed by atoms with Crippen LogP contribution in [0.4, 0.5) is 5.69 Å². The van der Waals surface area contributed by atoms with E-state index in [0.29, 0.717) is 0 Å². The van der Waals surface area contributed by atoms with Crippen molar-refractivity contribution < 1.29 is 52.5 Å². The van der Waals surface area contributed by atoms with E-state index in [1.807, 2.05) is 0 Å². The van der Waals surface area contributed by atoms with Gasteiger partial charge in [-0.25, -0.2) is 9.59 Å². The highest BCUT2D eigenvalue weighted by Crippen LogP contribution is 2.24. The predicted molar refractivity (Wildman–Crippen MR) is 171 cm³/mol. The van der Waals surface area contributed by atoms with E-state index in [9.17, 15) is 28.8 Å². The third kappa shape index (κ3) is 9.85. The van der Waals surface area contributed by atoms with E-state index >= 15 is 0 Å². The van der Waals surface area contributed by atoms with Crippen molar-refractivity contribution in [3.05, 3.63) is 108 Å². The van der Waals surface area contributed by atoms with Crippen molar-refractivity contribution in [2.45, 2.75) is 40.0 Å². The second-order valence-corrected chi connectivity index (χ2v) is 9.98. The SMILES string of the molecule is CCC(=O)Oc1ccc(OC(=O)c2cc(NC(=O)c3ccc(OC(=O)CC)cc3)cc(C(=O)Oc3ccc(OC(=O)CC)cc3)c2)cc1. The van der Waals surface area contributed by atoms with E-state index in [1.54, 1.807) is 20.8 Å². The maximum absolute atomic E-state index is 13.2. The molecule has 12 nitrogen and oxygen atoms in total. The molecule has 0 unspecified atom stereocenters. The van der Waals surface area contributed by atoms with E-state index in [1.165, 1.54) is 91.0 Å². The van der Waals surface area contributed by atoms with Gasteiger partial charge in [-0.3, -0.25) is 19.2 Å². The number of rotatable bonds is 12. The number of ether oxygens (including phenoxy) is 5. The Hall–Kier alpha value is -6.30. The molecule has 0 aliphatic heterocycles. The lowest BCUT2D eigenvalue weighted by Crippen LogP contribution is -2.16. The summed E-state index contributed by atoms with van der Waals surface area (Å²) in [4.78, 5) is 74.2. The molecule has 0 aromatic heterocycles. The highest BCUT2D eigenvalue weighted by Gasteiger charge is 2.19. The van der Waals surface area contributed by atoms with Crippen molar-refractivity contribution >= 4 is 41.4 Å². The molecular weight excluding hydrogens is 622 g/mol. The van der Waals surface area contributed by atoms with Crippen LogP contribution in [0.2, 0.25) is 0 Å². The Morgan fingerprint density at radius 2 is 0.750 bits per heavy atom. The van der Waals surface area contributed by atoms with Gasteiger partial charge in [-0.1, -0.05) is 20.8 Å². The van der Waals surface area contributed by atoms with Crippen LogP contribution in [0.15, 0.2) is 91.0 Å². The first-order chi connectivity index (χ1) is 23.1. The fraction of sp³-hybridized carbons (Fsp3) is 0.167. The Morgan fingerprint density at radius 3 is 1.08 bits per heavy atom. The molecule has 246 valence electrons. The first-order valence-corrected chi connectivity index (χ1v) is 14.9. The summed E-state index contributed by atoms with van der Waals surface area (Å²) in [5.41, 5.74) is 0.0949. The number of anilines is 1. The number of carbonyl (C=O) groups excluding carboxylic acids is 6. The van der Waals surface area contributed by atoms with Crippen LogP contribution < -0.4 is 29.0 Å². The predicted octanol–water partition coefficient (Wildman–Crippen LogP) is 6.32. The van der Waals surface area contributed by atoms with Gasteiger partial charge in [0, 0.05) is 30.5 Å². The molecule has 1 N–H and O–H groups in total. The summed E-state index contributed by atoms with van der Waals surface area (Å²) in [6.07, 6.45) is 0.562. The number of nitrogens with one attached hydrogen (secondary N) is 1. The zero-order chi connectivity index (χ0) is 34.6. The topological polar surface area (TPSA) is 161 Å². The highest BCUT2D eigenvalue weighted by molar-refractivity contribution is 6.06. The van der Waals surface area contributed by atoms with Gasteiger partial charge in [0.05, 0.1) is 11.1 Å². The van der Waals surface area contributed by atoms with Gasteiger partial charge >= 0.3 is 29.8 Å². The van der Waals surface area contributed by atoms with Crippen molar-refractivity contribution in [1.82, 2.24) is 0 Å². The first-order valence-electron chi connectivity index (χ1n) is 14.9. The average molecular weight is 654 g/mol. The summed E-state index contributed by atoms with van der Waals surface area (Å²) in [5, 5.41) is 2.65. The van der Waals surface area contributed by atoms with Gasteiger partial charge < -0.3 is 29.0 Å². The number of hydrogen-bond donors (Lipinski definition) is 1. The Balaban J connectivity index is 1.57. The van der Waals surface area contributed by atoms with Crippen LogP contribution in [0.25, 0.3) is 0 Å². The molecule has 4 aromatic carbocycles. The third-order valence-electron chi connectivity index (χ3n) is 6.41. The molecule has 4 aromatic rings. The number of esters is 5. The average Bonchev–Trinajstić information content (AvgIpc) is 3.09. The summed E-state index contributed by atoms with van der Waals surface area (Å²) in [7, 11) is 0. The lowest BCUT2D eigenvalue weighted by atomic mass is 10.1. The molecule has 0 saturated heterocycles. The van der Waals surface area contributed by atoms with Crippen LogP contribution in [-0.2, 0) is 14.4 Å². The number of carbonyl (C=O) groups is 6. The molecule has 0 bridgehead atoms. The standard InChI is InChI=1S/C36H31NO11/c1-4-31(38)44-26-9-7-22(8-10-26)34(41)37-25-20-23(35(42)47-29-15-11-27(12-16-29)45-32(39)5-2)19-24(21-25)36(43)48-30-17-13-28(14-18-30)46-33(40)6-3/h7-21H,4-6H2,1-3H3,(H,37,41). The molecule has 0 aliphatic rings. The van der Waals surface area contributed by atoms with E-state index in [2.05, 4.69) is 5.32 Å². The highest BCUT2D eigenvalue weighted by atomic mass is 16.6. The van der Waals surface area contributed by atoms with Crippen LogP contribution in [-0.4, -0.2) is 35.8 Å². The minimum absolute atomic E-state index is 0.0755. The quantitative estimate of drug-likeness (QED) is 0.135. The summed E-state index contributed by atoms with van der Waals surface area (Å²) in [5.74, 6) is -2.52. The van der Waals surface area contributed by atoms with Crippen molar-refractivity contribution in [2.24, 2.45) is 0 Å². The van der Waals surface area contributed by atoms with Gasteiger partial charge in [0.25, 0.3) is 5.91 Å². The fourth-order valence-electron chi connectivity index (χ4n) is 3.91. The van der Waals surface area contributed by atoms with Crippen molar-refractivity contribution in [3.8, 4) is 28.7 Å². The molecular formula is C36H31NO11. The summed E-state index contributed by atoms with van der Waals surface area (Å²) in [6, 6.07) is 21.3. The van der Waals surface area contributed by atoms with Gasteiger partial charge in [0.1, 0.15) is 28.7 Å². The Bertz CT molecular complexity index is 1720. The smallest absolute Gasteiger partial charge is 0.343 e. The van der Waals surface area contributed by atoms with Crippen LogP contribution >= 0.6 is 0 Å². The van der Waals surface area contributed by atoms with Gasteiger partial charge in [-0.2, -0.15) is 0 Å². The molecule has 12 heteroatoms. The molecule has 1 amide bonds. The fourth-order valence-corrected chi connectivity index (χ4v) is 3.91. The second-order valence-electron chi connectivity index (χ2n) is 9.98. The minimum Gasteiger partial charge on any atom is -0.427 e. The van der Waals surface area contributed by atoms with E-state index in [-0.39, 0.29) is 70.4 Å². The van der Waals surface area contributed by atoms with Gasteiger partial charge in [0.15, 0.2) is 0 Å². The Morgan fingerprint density at radius 1 is 0.438 bits per heavy atom. The second kappa shape index (κ2) is 16.3. The lowest BCUT2D eigenvalue weighted by Gasteiger charge is -2.12. The van der Waals surface area contributed by atoms with Gasteiger partial charge in [-0.05, 0) is 91.0 Å². The Kier molecular flexibility index (Phi) is 11.8. The summed E-state index contributed by atoms with van der Waals surface area (Å²) in [6.45, 7) is 4.97. The monoisotopic (exact) mass is 653 g/mol. The minimum atomic E-state index is -0.859. The van der Waals surface area contributed by atoms with Gasteiger partial charge in [-0.15, -0.1) is 0 Å². The normalized spacial score (nSPS) is 10.3. The maximum Gasteiger partial charge on any atom is 0.343 e. The van der Waals surface area contributed by atoms with Crippen LogP contribution in [0.5, 0.6) is 28.7 Å². The summed E-state index contributed by atoms with van der Waals surface area (Å²) < 4.78 is 26.3. The van der Waals surface area contributed by atoms with Crippen molar-refractivity contribution in [1.29, 1.82) is 0 Å². The molecule has 0 atom stereocenters. The van der Waals surface area contributed by atoms with Gasteiger partial charge in [0.2, 0.25) is 0 Å². The third-order valence-corrected chi connectivity index (χ3v) is 6.41. The van der Waals surface area contributed by atoms with Crippen LogP contribution in [0.1, 0.15) is 71.1 Å². The number of amides is 1. The molecule has 0 spiro atoms. The zero-order valence-electron chi connectivity index (χ0n) is 26.3. The number of benzene rings is 4. The molecule has 0 saturated carbocycles. The number of hydrogen-bond acceptors (Lipinski definition) is 11. The van der Waals surface area contributed by atoms with E-state index in [4.69, 9.17) is 23.7 Å². The van der Waals surface area contributed by atoms with Crippen molar-refractivity contribution in [2.75, 3.05) is 5.32 Å². The van der Waals surface area contributed by atoms with Crippen LogP contribution in [0.3, 0.4) is 0 Å². The Labute approximate surface area is 275 Å². The van der Waals surface area contributed by atoms with E-state index in [0.717, 1.165) is 0 Å². The summed E-state index contributed by atoms with van der Waals surface area (Å²) >= 11 is 0. The molecule has 0 radical (unpaired) electrons. The lowest BCUT2D eigenvalue weighted by molar-refractivity contribution is -0.134. The van der Waals surface area contributed by atoms with Crippen molar-refractivity contribution in [3.63, 3.8) is 0 Å². The molecule has 0 aliphatic carbocycles. The van der Waals surface area contributed by atoms with E-state index < -0.39 is 35.8 Å². The molecule has 0 heterocycles. The van der Waals surface area contributed by atoms with Crippen LogP contribution in [0, 0.1) is 0 Å². The maximum atomic E-state index is 13.2. The molecule has 4 rings (SSSR count). The molecule has 0 fully saturated rings.